The van der Waals surface area contributed by atoms with Gasteiger partial charge in [0.15, 0.2) is 0 Å². The number of rotatable bonds is 5. The van der Waals surface area contributed by atoms with Crippen molar-refractivity contribution >= 4 is 26.9 Å². The van der Waals surface area contributed by atoms with Gasteiger partial charge in [-0.2, -0.15) is 8.78 Å². The number of nitrogens with zero attached hydrogens (tertiary/aromatic N) is 3. The van der Waals surface area contributed by atoms with Gasteiger partial charge in [-0.25, -0.2) is 13.4 Å². The molecule has 9 heteroatoms. The first kappa shape index (κ1) is 18.2. The van der Waals surface area contributed by atoms with Crippen LogP contribution in [0.25, 0.3) is 0 Å². The maximum absolute atomic E-state index is 12.6. The van der Waals surface area contributed by atoms with Crippen LogP contribution >= 0.6 is 11.3 Å². The number of anilines is 1. The number of alkyl halides is 2. The van der Waals surface area contributed by atoms with Crippen molar-refractivity contribution in [2.75, 3.05) is 31.1 Å². The predicted octanol–water partition coefficient (Wildman–Crippen LogP) is 3.02. The summed E-state index contributed by atoms with van der Waals surface area (Å²) in [6.07, 6.45) is 1.81. The molecular formula is C16H19F2N3O2S2. The molecule has 1 aromatic carbocycles. The summed E-state index contributed by atoms with van der Waals surface area (Å²) >= 11 is 1.64. The summed E-state index contributed by atoms with van der Waals surface area (Å²) in [4.78, 5) is 8.50. The molecule has 1 unspecified atom stereocenters. The topological polar surface area (TPSA) is 53.5 Å². The standard InChI is InChI=1S/C16H19F2N3O2S2/c1-12(15-19-6-11-24-15)20-7-9-21(10-8-20)13-2-4-14(5-3-13)25(22,23)16(17)18/h2-6,11-12,16H,7-10H2,1H3. The van der Waals surface area contributed by atoms with Crippen LogP contribution in [0.5, 0.6) is 0 Å². The first-order valence-corrected chi connectivity index (χ1v) is 10.3. The van der Waals surface area contributed by atoms with Crippen LogP contribution in [0.2, 0.25) is 0 Å². The fourth-order valence-electron chi connectivity index (χ4n) is 2.91. The van der Waals surface area contributed by atoms with Crippen LogP contribution in [-0.4, -0.2) is 50.2 Å². The van der Waals surface area contributed by atoms with Gasteiger partial charge in [-0.05, 0) is 31.2 Å². The second kappa shape index (κ2) is 7.35. The molecule has 1 atom stereocenters. The third kappa shape index (κ3) is 3.83. The fourth-order valence-corrected chi connectivity index (χ4v) is 4.36. The Morgan fingerprint density at radius 3 is 2.28 bits per heavy atom. The molecule has 1 aliphatic heterocycles. The van der Waals surface area contributed by atoms with Crippen LogP contribution in [0.4, 0.5) is 14.5 Å². The van der Waals surface area contributed by atoms with Crippen LogP contribution in [0.15, 0.2) is 40.7 Å². The molecule has 0 saturated carbocycles. The Bertz CT molecular complexity index is 787. The first-order valence-electron chi connectivity index (χ1n) is 7.90. The minimum atomic E-state index is -4.54. The van der Waals surface area contributed by atoms with Gasteiger partial charge in [-0.1, -0.05) is 0 Å². The van der Waals surface area contributed by atoms with Gasteiger partial charge < -0.3 is 4.90 Å². The third-order valence-electron chi connectivity index (χ3n) is 4.44. The van der Waals surface area contributed by atoms with Crippen molar-refractivity contribution in [3.8, 4) is 0 Å². The van der Waals surface area contributed by atoms with Gasteiger partial charge in [0.25, 0.3) is 0 Å². The number of hydrogen-bond acceptors (Lipinski definition) is 6. The summed E-state index contributed by atoms with van der Waals surface area (Å²) < 4.78 is 48.1. The molecular weight excluding hydrogens is 368 g/mol. The van der Waals surface area contributed by atoms with E-state index in [4.69, 9.17) is 0 Å². The van der Waals surface area contributed by atoms with Crippen molar-refractivity contribution in [2.24, 2.45) is 0 Å². The normalized spacial score (nSPS) is 17.8. The summed E-state index contributed by atoms with van der Waals surface area (Å²) in [6, 6.07) is 5.95. The van der Waals surface area contributed by atoms with Gasteiger partial charge in [-0.3, -0.25) is 4.90 Å². The second-order valence-electron chi connectivity index (χ2n) is 5.87. The Morgan fingerprint density at radius 1 is 1.12 bits per heavy atom. The van der Waals surface area contributed by atoms with E-state index in [9.17, 15) is 17.2 Å². The lowest BCUT2D eigenvalue weighted by atomic mass is 10.2. The number of aromatic nitrogens is 1. The van der Waals surface area contributed by atoms with E-state index in [2.05, 4.69) is 21.7 Å². The molecule has 0 N–H and O–H groups in total. The highest BCUT2D eigenvalue weighted by Gasteiger charge is 2.27. The molecule has 25 heavy (non-hydrogen) atoms. The van der Waals surface area contributed by atoms with Crippen molar-refractivity contribution in [1.29, 1.82) is 0 Å². The van der Waals surface area contributed by atoms with E-state index >= 15 is 0 Å². The second-order valence-corrected chi connectivity index (χ2v) is 8.71. The Kier molecular flexibility index (Phi) is 5.35. The van der Waals surface area contributed by atoms with Gasteiger partial charge in [0, 0.05) is 43.4 Å². The van der Waals surface area contributed by atoms with E-state index in [1.165, 1.54) is 12.1 Å². The van der Waals surface area contributed by atoms with Gasteiger partial charge in [0.1, 0.15) is 5.01 Å². The van der Waals surface area contributed by atoms with Gasteiger partial charge in [0.2, 0.25) is 9.84 Å². The van der Waals surface area contributed by atoms with E-state index < -0.39 is 15.6 Å². The van der Waals surface area contributed by atoms with Crippen LogP contribution in [0.3, 0.4) is 0 Å². The molecule has 0 aliphatic carbocycles. The minimum Gasteiger partial charge on any atom is -0.369 e. The molecule has 1 aromatic heterocycles. The number of sulfone groups is 1. The zero-order valence-electron chi connectivity index (χ0n) is 13.7. The predicted molar refractivity (Wildman–Crippen MR) is 93.9 cm³/mol. The molecule has 3 rings (SSSR count). The molecule has 1 aliphatic rings. The van der Waals surface area contributed by atoms with Crippen molar-refractivity contribution in [2.45, 2.75) is 23.6 Å². The number of piperazine rings is 1. The highest BCUT2D eigenvalue weighted by atomic mass is 32.2. The van der Waals surface area contributed by atoms with Crippen LogP contribution in [-0.2, 0) is 9.84 Å². The molecule has 136 valence electrons. The number of hydrogen-bond donors (Lipinski definition) is 0. The van der Waals surface area contributed by atoms with Gasteiger partial charge in [0.05, 0.1) is 10.9 Å². The highest BCUT2D eigenvalue weighted by molar-refractivity contribution is 7.91. The molecule has 0 radical (unpaired) electrons. The van der Waals surface area contributed by atoms with E-state index in [-0.39, 0.29) is 10.9 Å². The molecule has 0 bridgehead atoms. The first-order chi connectivity index (χ1) is 11.9. The molecule has 2 heterocycles. The largest absolute Gasteiger partial charge is 0.369 e. The van der Waals surface area contributed by atoms with Gasteiger partial charge in [-0.15, -0.1) is 11.3 Å². The van der Waals surface area contributed by atoms with Crippen LogP contribution < -0.4 is 4.90 Å². The summed E-state index contributed by atoms with van der Waals surface area (Å²) in [5, 5.41) is 3.06. The Labute approximate surface area is 149 Å². The maximum atomic E-state index is 12.6. The zero-order chi connectivity index (χ0) is 18.0. The lowest BCUT2D eigenvalue weighted by molar-refractivity contribution is 0.198. The quantitative estimate of drug-likeness (QED) is 0.789. The maximum Gasteiger partial charge on any atom is 0.341 e. The number of thiazole rings is 1. The minimum absolute atomic E-state index is 0.265. The van der Waals surface area contributed by atoms with E-state index in [0.29, 0.717) is 0 Å². The SMILES string of the molecule is CC(c1nccs1)N1CCN(c2ccc(S(=O)(=O)C(F)F)cc2)CC1. The van der Waals surface area contributed by atoms with Crippen molar-refractivity contribution in [3.05, 3.63) is 40.8 Å². The molecule has 5 nitrogen and oxygen atoms in total. The van der Waals surface area contributed by atoms with E-state index in [0.717, 1.165) is 36.9 Å². The highest BCUT2D eigenvalue weighted by Crippen LogP contribution is 2.26. The molecule has 1 saturated heterocycles. The molecule has 1 fully saturated rings. The fraction of sp³-hybridized carbons (Fsp3) is 0.438. The molecule has 0 spiro atoms. The average molecular weight is 387 g/mol. The van der Waals surface area contributed by atoms with E-state index in [1.54, 1.807) is 23.5 Å². The lowest BCUT2D eigenvalue weighted by Gasteiger charge is -2.38. The van der Waals surface area contributed by atoms with Crippen molar-refractivity contribution in [1.82, 2.24) is 9.88 Å². The van der Waals surface area contributed by atoms with Crippen LogP contribution in [0.1, 0.15) is 18.0 Å². The molecule has 0 amide bonds. The number of halogens is 2. The Balaban J connectivity index is 1.63. The van der Waals surface area contributed by atoms with Crippen molar-refractivity contribution in [3.63, 3.8) is 0 Å². The van der Waals surface area contributed by atoms with E-state index in [1.807, 2.05) is 11.6 Å². The van der Waals surface area contributed by atoms with Crippen molar-refractivity contribution < 1.29 is 17.2 Å². The summed E-state index contributed by atoms with van der Waals surface area (Å²) in [6.45, 7) is 5.43. The molecule has 2 aromatic rings. The number of benzene rings is 1. The van der Waals surface area contributed by atoms with Crippen LogP contribution in [0, 0.1) is 0 Å². The zero-order valence-corrected chi connectivity index (χ0v) is 15.3. The summed E-state index contributed by atoms with van der Waals surface area (Å²) in [7, 11) is -4.54. The average Bonchev–Trinajstić information content (AvgIpc) is 3.16. The lowest BCUT2D eigenvalue weighted by Crippen LogP contribution is -2.47. The smallest absolute Gasteiger partial charge is 0.341 e. The monoisotopic (exact) mass is 387 g/mol. The van der Waals surface area contributed by atoms with Gasteiger partial charge >= 0.3 is 5.76 Å². The third-order valence-corrected chi connectivity index (χ3v) is 6.78. The summed E-state index contributed by atoms with van der Waals surface area (Å²) in [5.41, 5.74) is 0.842. The Hall–Kier alpha value is -1.58. The summed E-state index contributed by atoms with van der Waals surface area (Å²) in [5.74, 6) is -3.39. The Morgan fingerprint density at radius 2 is 1.76 bits per heavy atom.